The molecule has 3 rings (SSSR count). The van der Waals surface area contributed by atoms with Crippen molar-refractivity contribution in [2.75, 3.05) is 40.9 Å². The quantitative estimate of drug-likeness (QED) is 0.571. The van der Waals surface area contributed by atoms with Gasteiger partial charge in [0.1, 0.15) is 12.3 Å². The average molecular weight is 431 g/mol. The molecule has 0 amide bonds. The van der Waals surface area contributed by atoms with Crippen molar-refractivity contribution in [3.63, 3.8) is 0 Å². The van der Waals surface area contributed by atoms with Gasteiger partial charge in [0, 0.05) is 52.5 Å². The third kappa shape index (κ3) is 4.62. The third-order valence-electron chi connectivity index (χ3n) is 4.96. The van der Waals surface area contributed by atoms with Crippen LogP contribution in [0.15, 0.2) is 20.5 Å². The Bertz CT molecular complexity index is 932. The average Bonchev–Trinajstić information content (AvgIpc) is 3.19. The van der Waals surface area contributed by atoms with E-state index in [2.05, 4.69) is 9.75 Å². The second kappa shape index (κ2) is 8.41. The maximum Gasteiger partial charge on any atom is 0.456 e. The standard InChI is InChI=1S/C16H26N5O7P/c1-10-8-21(16(24)17-14(10)23)13-7-11(22)12(28-13)9-27-29(25,26-4)18-15-19(2)5-6-20(15)3/h8,11-13,22H,5-7,9H2,1-4H3,(H,17,23,24)/t11-,12?,13-,29?/m1/s1. The Morgan fingerprint density at radius 3 is 2.62 bits per heavy atom. The summed E-state index contributed by atoms with van der Waals surface area (Å²) in [5.41, 5.74) is -0.779. The van der Waals surface area contributed by atoms with Crippen molar-refractivity contribution >= 4 is 13.7 Å². The van der Waals surface area contributed by atoms with E-state index in [0.717, 1.165) is 13.1 Å². The Morgan fingerprint density at radius 2 is 2.00 bits per heavy atom. The zero-order valence-corrected chi connectivity index (χ0v) is 17.7. The summed E-state index contributed by atoms with van der Waals surface area (Å²) in [4.78, 5) is 29.4. The number of guanidine groups is 1. The van der Waals surface area contributed by atoms with Crippen LogP contribution in [0.4, 0.5) is 0 Å². The smallest absolute Gasteiger partial charge is 0.390 e. The number of hydrogen-bond donors (Lipinski definition) is 2. The number of aryl methyl sites for hydroxylation is 1. The van der Waals surface area contributed by atoms with Crippen LogP contribution in [0, 0.1) is 6.92 Å². The molecule has 4 atom stereocenters. The Hall–Kier alpha value is -1.98. The van der Waals surface area contributed by atoms with E-state index in [1.807, 2.05) is 23.9 Å². The van der Waals surface area contributed by atoms with Crippen LogP contribution in [0.25, 0.3) is 0 Å². The Kier molecular flexibility index (Phi) is 6.30. The molecule has 3 heterocycles. The van der Waals surface area contributed by atoms with Gasteiger partial charge in [-0.05, 0) is 6.92 Å². The van der Waals surface area contributed by atoms with E-state index in [9.17, 15) is 19.3 Å². The fraction of sp³-hybridized carbons (Fsp3) is 0.688. The number of aromatic nitrogens is 2. The molecule has 2 aliphatic heterocycles. The van der Waals surface area contributed by atoms with Crippen molar-refractivity contribution in [2.24, 2.45) is 4.76 Å². The van der Waals surface area contributed by atoms with Crippen LogP contribution >= 0.6 is 7.75 Å². The maximum atomic E-state index is 12.9. The van der Waals surface area contributed by atoms with Crippen LogP contribution < -0.4 is 11.2 Å². The topological polar surface area (TPSA) is 139 Å². The van der Waals surface area contributed by atoms with Crippen LogP contribution in [-0.4, -0.2) is 83.5 Å². The lowest BCUT2D eigenvalue weighted by Gasteiger charge is -2.21. The van der Waals surface area contributed by atoms with E-state index in [-0.39, 0.29) is 13.0 Å². The minimum atomic E-state index is -3.82. The molecule has 2 unspecified atom stereocenters. The molecule has 1 aromatic rings. The highest BCUT2D eigenvalue weighted by atomic mass is 31.2. The van der Waals surface area contributed by atoms with Gasteiger partial charge in [0.2, 0.25) is 5.96 Å². The Labute approximate surface area is 167 Å². The molecule has 0 radical (unpaired) electrons. The fourth-order valence-electron chi connectivity index (χ4n) is 3.18. The first-order valence-electron chi connectivity index (χ1n) is 9.12. The van der Waals surface area contributed by atoms with E-state index in [0.29, 0.717) is 11.5 Å². The number of aliphatic hydroxyl groups is 1. The molecule has 0 bridgehead atoms. The molecule has 1 aromatic heterocycles. The summed E-state index contributed by atoms with van der Waals surface area (Å²) in [6.45, 7) is 2.78. The minimum absolute atomic E-state index is 0.108. The van der Waals surface area contributed by atoms with E-state index in [1.54, 1.807) is 6.92 Å². The molecule has 13 heteroatoms. The Balaban J connectivity index is 1.70. The second-order valence-electron chi connectivity index (χ2n) is 7.10. The van der Waals surface area contributed by atoms with Crippen molar-refractivity contribution < 1.29 is 23.5 Å². The largest absolute Gasteiger partial charge is 0.456 e. The van der Waals surface area contributed by atoms with Crippen LogP contribution in [-0.2, 0) is 18.3 Å². The summed E-state index contributed by atoms with van der Waals surface area (Å²) >= 11 is 0. The van der Waals surface area contributed by atoms with E-state index >= 15 is 0 Å². The Morgan fingerprint density at radius 1 is 1.34 bits per heavy atom. The number of ether oxygens (including phenoxy) is 1. The van der Waals surface area contributed by atoms with E-state index in [4.69, 9.17) is 13.8 Å². The van der Waals surface area contributed by atoms with Crippen molar-refractivity contribution in [1.29, 1.82) is 0 Å². The van der Waals surface area contributed by atoms with Crippen molar-refractivity contribution in [3.8, 4) is 0 Å². The summed E-state index contributed by atoms with van der Waals surface area (Å²) < 4.78 is 34.3. The van der Waals surface area contributed by atoms with Crippen molar-refractivity contribution in [1.82, 2.24) is 19.4 Å². The van der Waals surface area contributed by atoms with Gasteiger partial charge in [0.15, 0.2) is 0 Å². The molecule has 2 N–H and O–H groups in total. The van der Waals surface area contributed by atoms with Gasteiger partial charge < -0.3 is 19.6 Å². The number of H-pyrrole nitrogens is 1. The molecule has 12 nitrogen and oxygen atoms in total. The van der Waals surface area contributed by atoms with Crippen LogP contribution in [0.3, 0.4) is 0 Å². The van der Waals surface area contributed by atoms with Gasteiger partial charge >= 0.3 is 13.4 Å². The summed E-state index contributed by atoms with van der Waals surface area (Å²) in [6.07, 6.45) is -1.12. The molecule has 29 heavy (non-hydrogen) atoms. The van der Waals surface area contributed by atoms with Gasteiger partial charge in [-0.25, -0.2) is 9.36 Å². The van der Waals surface area contributed by atoms with Gasteiger partial charge in [-0.3, -0.25) is 23.4 Å². The highest BCUT2D eigenvalue weighted by Gasteiger charge is 2.38. The first-order valence-corrected chi connectivity index (χ1v) is 10.6. The predicted octanol–water partition coefficient (Wildman–Crippen LogP) is -0.502. The molecule has 0 saturated carbocycles. The highest BCUT2D eigenvalue weighted by molar-refractivity contribution is 7.52. The molecule has 0 spiro atoms. The van der Waals surface area contributed by atoms with Crippen molar-refractivity contribution in [3.05, 3.63) is 32.6 Å². The highest BCUT2D eigenvalue weighted by Crippen LogP contribution is 2.50. The fourth-order valence-corrected chi connectivity index (χ4v) is 4.28. The number of rotatable bonds is 6. The van der Waals surface area contributed by atoms with E-state index in [1.165, 1.54) is 17.9 Å². The second-order valence-corrected chi connectivity index (χ2v) is 8.86. The van der Waals surface area contributed by atoms with E-state index < -0.39 is 37.4 Å². The lowest BCUT2D eigenvalue weighted by molar-refractivity contribution is -0.0429. The van der Waals surface area contributed by atoms with Gasteiger partial charge in [-0.1, -0.05) is 0 Å². The number of nitrogens with zero attached hydrogens (tertiary/aromatic N) is 4. The van der Waals surface area contributed by atoms with Gasteiger partial charge in [-0.15, -0.1) is 4.76 Å². The molecule has 2 aliphatic rings. The number of hydrogen-bond acceptors (Lipinski definition) is 7. The maximum absolute atomic E-state index is 12.9. The van der Waals surface area contributed by atoms with Crippen molar-refractivity contribution in [2.45, 2.75) is 31.8 Å². The van der Waals surface area contributed by atoms with Crippen LogP contribution in [0.5, 0.6) is 0 Å². The van der Waals surface area contributed by atoms with Crippen LogP contribution in [0.2, 0.25) is 0 Å². The molecule has 0 aliphatic carbocycles. The zero-order chi connectivity index (χ0) is 21.3. The molecule has 0 aromatic carbocycles. The number of aromatic amines is 1. The summed E-state index contributed by atoms with van der Waals surface area (Å²) in [5, 5.41) is 10.3. The molecule has 162 valence electrons. The normalized spacial score (nSPS) is 26.8. The van der Waals surface area contributed by atoms with Gasteiger partial charge in [0.05, 0.1) is 12.7 Å². The lowest BCUT2D eigenvalue weighted by atomic mass is 10.2. The number of nitrogens with one attached hydrogen (secondary N) is 1. The van der Waals surface area contributed by atoms with Crippen LogP contribution in [0.1, 0.15) is 18.2 Å². The summed E-state index contributed by atoms with van der Waals surface area (Å²) in [6, 6.07) is 0. The molecular weight excluding hydrogens is 405 g/mol. The molecular formula is C16H26N5O7P. The first-order chi connectivity index (χ1) is 13.6. The summed E-state index contributed by atoms with van der Waals surface area (Å²) in [7, 11) is 1.05. The molecule has 2 saturated heterocycles. The molecule has 2 fully saturated rings. The number of aliphatic hydroxyl groups excluding tert-OH is 1. The lowest BCUT2D eigenvalue weighted by Crippen LogP contribution is -2.33. The SMILES string of the molecule is COP(=O)(N=C1N(C)CCN1C)OCC1O[C@@H](n2cc(C)c(=O)[nH]c2=O)C[C@H]1O. The predicted molar refractivity (Wildman–Crippen MR) is 104 cm³/mol. The number of likely N-dealkylation sites (N-methyl/N-ethyl adjacent to an activating group) is 2. The first kappa shape index (κ1) is 21.7. The third-order valence-corrected chi connectivity index (χ3v) is 6.32. The summed E-state index contributed by atoms with van der Waals surface area (Å²) in [5.74, 6) is 0.483. The zero-order valence-electron chi connectivity index (χ0n) is 16.8. The van der Waals surface area contributed by atoms with Gasteiger partial charge in [0.25, 0.3) is 5.56 Å². The van der Waals surface area contributed by atoms with Gasteiger partial charge in [-0.2, -0.15) is 0 Å². The minimum Gasteiger partial charge on any atom is -0.390 e. The monoisotopic (exact) mass is 431 g/mol.